The number of phosphoric acid groups is 2. The molecule has 0 radical (unpaired) electrons. The van der Waals surface area contributed by atoms with E-state index in [1.54, 1.807) is 0 Å². The summed E-state index contributed by atoms with van der Waals surface area (Å²) in [5.41, 5.74) is 0. The Morgan fingerprint density at radius 2 is 0.472 bits per heavy atom. The van der Waals surface area contributed by atoms with Crippen LogP contribution in [0, 0.1) is 17.8 Å². The van der Waals surface area contributed by atoms with Crippen LogP contribution in [0.4, 0.5) is 0 Å². The topological polar surface area (TPSA) is 237 Å². The largest absolute Gasteiger partial charge is 0.472 e. The molecule has 0 fully saturated rings. The van der Waals surface area contributed by atoms with Gasteiger partial charge in [0.1, 0.15) is 19.3 Å². The maximum atomic E-state index is 13.2. The highest BCUT2D eigenvalue weighted by atomic mass is 31.2. The standard InChI is InChI=1S/C89H174O17P2/c1-8-10-11-12-13-14-15-16-17-18-19-20-24-27-30-33-42-49-56-63-70-86(91)99-76-84(105-88(93)72-65-58-51-44-34-31-28-25-22-21-23-26-29-32-41-48-55-62-69-82(7)9-2)78-103-107(95,96)101-74-83(90)75-102-108(97,98)104-79-85(106-89(94)73-66-59-52-45-38-36-40-47-54-61-68-81(5)6)77-100-87(92)71-64-57-50-43-37-35-39-46-53-60-67-80(3)4/h80-85,90H,8-79H2,1-7H3,(H,95,96)(H,97,98)/t82?,83-,84-,85-/m1/s1. The van der Waals surface area contributed by atoms with Crippen LogP contribution in [-0.2, 0) is 65.4 Å². The predicted octanol–water partition coefficient (Wildman–Crippen LogP) is 27.3. The van der Waals surface area contributed by atoms with Gasteiger partial charge >= 0.3 is 39.5 Å². The van der Waals surface area contributed by atoms with Crippen LogP contribution in [0.5, 0.6) is 0 Å². The quantitative estimate of drug-likeness (QED) is 0.0222. The molecule has 0 spiro atoms. The molecule has 0 aliphatic carbocycles. The number of hydrogen-bond acceptors (Lipinski definition) is 15. The Bertz CT molecular complexity index is 2080. The van der Waals surface area contributed by atoms with E-state index in [9.17, 15) is 43.2 Å². The number of hydrogen-bond donors (Lipinski definition) is 3. The summed E-state index contributed by atoms with van der Waals surface area (Å²) in [4.78, 5) is 73.3. The molecule has 17 nitrogen and oxygen atoms in total. The molecule has 3 unspecified atom stereocenters. The molecular weight excluding hydrogens is 1400 g/mol. The van der Waals surface area contributed by atoms with Crippen LogP contribution < -0.4 is 0 Å². The van der Waals surface area contributed by atoms with Crippen molar-refractivity contribution >= 4 is 39.5 Å². The fraction of sp³-hybridized carbons (Fsp3) is 0.955. The third-order valence-electron chi connectivity index (χ3n) is 21.2. The summed E-state index contributed by atoms with van der Waals surface area (Å²) in [7, 11) is -9.93. The van der Waals surface area contributed by atoms with Crippen molar-refractivity contribution in [3.05, 3.63) is 0 Å². The van der Waals surface area contributed by atoms with E-state index in [2.05, 4.69) is 48.5 Å². The number of aliphatic hydroxyl groups excluding tert-OH is 1. The van der Waals surface area contributed by atoms with E-state index in [1.165, 1.54) is 283 Å². The molecule has 108 heavy (non-hydrogen) atoms. The normalized spacial score (nSPS) is 14.1. The third kappa shape index (κ3) is 80.7. The van der Waals surface area contributed by atoms with Gasteiger partial charge in [-0.25, -0.2) is 9.13 Å². The Balaban J connectivity index is 5.24. The van der Waals surface area contributed by atoms with Gasteiger partial charge in [-0.2, -0.15) is 0 Å². The number of carbonyl (C=O) groups is 4. The zero-order valence-electron chi connectivity index (χ0n) is 71.3. The molecule has 0 amide bonds. The maximum Gasteiger partial charge on any atom is 0.472 e. The molecule has 0 rings (SSSR count). The lowest BCUT2D eigenvalue weighted by molar-refractivity contribution is -0.161. The summed E-state index contributed by atoms with van der Waals surface area (Å²) < 4.78 is 69.0. The Labute approximate surface area is 664 Å². The van der Waals surface area contributed by atoms with Crippen molar-refractivity contribution in [3.8, 4) is 0 Å². The van der Waals surface area contributed by atoms with Gasteiger partial charge in [0.2, 0.25) is 0 Å². The second-order valence-electron chi connectivity index (χ2n) is 33.2. The summed E-state index contributed by atoms with van der Waals surface area (Å²) in [6, 6.07) is 0. The van der Waals surface area contributed by atoms with Crippen LogP contribution in [0.1, 0.15) is 472 Å². The second-order valence-corrected chi connectivity index (χ2v) is 36.1. The molecule has 19 heteroatoms. The van der Waals surface area contributed by atoms with Gasteiger partial charge < -0.3 is 33.8 Å². The number of esters is 4. The predicted molar refractivity (Wildman–Crippen MR) is 446 cm³/mol. The minimum absolute atomic E-state index is 0.106. The van der Waals surface area contributed by atoms with Crippen LogP contribution in [0.25, 0.3) is 0 Å². The van der Waals surface area contributed by atoms with E-state index >= 15 is 0 Å². The van der Waals surface area contributed by atoms with Gasteiger partial charge in [0.25, 0.3) is 0 Å². The third-order valence-corrected chi connectivity index (χ3v) is 23.1. The number of carbonyl (C=O) groups excluding carboxylic acids is 4. The molecule has 0 aromatic rings. The van der Waals surface area contributed by atoms with Crippen molar-refractivity contribution in [1.82, 2.24) is 0 Å². The van der Waals surface area contributed by atoms with Gasteiger partial charge in [0.05, 0.1) is 26.4 Å². The SMILES string of the molecule is CCCCCCCCCCCCCCCCCCCCCCC(=O)OC[C@H](COP(=O)(O)OC[C@@H](O)COP(=O)(O)OC[C@@H](COC(=O)CCCCCCCCCCCCC(C)C)OC(=O)CCCCCCCCCCCCC(C)C)OC(=O)CCCCCCCCCCCCCCCCCCCCC(C)CC. The van der Waals surface area contributed by atoms with Crippen molar-refractivity contribution in [2.75, 3.05) is 39.6 Å². The van der Waals surface area contributed by atoms with Gasteiger partial charge in [0.15, 0.2) is 12.2 Å². The second kappa shape index (κ2) is 78.9. The first-order valence-electron chi connectivity index (χ1n) is 45.9. The summed E-state index contributed by atoms with van der Waals surface area (Å²) in [6.45, 7) is 12.0. The Morgan fingerprint density at radius 3 is 0.704 bits per heavy atom. The van der Waals surface area contributed by atoms with Gasteiger partial charge in [-0.05, 0) is 43.4 Å². The fourth-order valence-corrected chi connectivity index (χ4v) is 15.4. The lowest BCUT2D eigenvalue weighted by Crippen LogP contribution is -2.30. The number of ether oxygens (including phenoxy) is 4. The van der Waals surface area contributed by atoms with E-state index in [-0.39, 0.29) is 25.7 Å². The first-order chi connectivity index (χ1) is 52.3. The van der Waals surface area contributed by atoms with E-state index < -0.39 is 97.5 Å². The van der Waals surface area contributed by atoms with Crippen LogP contribution in [0.15, 0.2) is 0 Å². The molecular formula is C89H174O17P2. The molecule has 0 aromatic heterocycles. The van der Waals surface area contributed by atoms with E-state index in [1.807, 2.05) is 0 Å². The maximum absolute atomic E-state index is 13.2. The summed E-state index contributed by atoms with van der Waals surface area (Å²) in [6.07, 6.45) is 70.9. The van der Waals surface area contributed by atoms with Crippen molar-refractivity contribution in [1.29, 1.82) is 0 Å². The van der Waals surface area contributed by atoms with E-state index in [0.717, 1.165) is 108 Å². The highest BCUT2D eigenvalue weighted by Crippen LogP contribution is 2.45. The lowest BCUT2D eigenvalue weighted by Gasteiger charge is -2.21. The molecule has 642 valence electrons. The zero-order valence-corrected chi connectivity index (χ0v) is 73.1. The molecule has 0 aliphatic heterocycles. The molecule has 0 bridgehead atoms. The molecule has 3 N–H and O–H groups in total. The molecule has 6 atom stereocenters. The van der Waals surface area contributed by atoms with Gasteiger partial charge in [0, 0.05) is 25.7 Å². The average Bonchev–Trinajstić information content (AvgIpc) is 0.899. The monoisotopic (exact) mass is 1580 g/mol. The zero-order chi connectivity index (χ0) is 79.3. The highest BCUT2D eigenvalue weighted by Gasteiger charge is 2.31. The van der Waals surface area contributed by atoms with E-state index in [4.69, 9.17) is 37.0 Å². The first-order valence-corrected chi connectivity index (χ1v) is 48.9. The van der Waals surface area contributed by atoms with Crippen molar-refractivity contribution < 1.29 is 80.2 Å². The molecule has 0 heterocycles. The molecule has 0 saturated heterocycles. The average molecular weight is 1580 g/mol. The lowest BCUT2D eigenvalue weighted by atomic mass is 9.99. The number of rotatable bonds is 87. The first kappa shape index (κ1) is 106. The Morgan fingerprint density at radius 1 is 0.269 bits per heavy atom. The Kier molecular flexibility index (Phi) is 77.5. The number of phosphoric ester groups is 2. The summed E-state index contributed by atoms with van der Waals surface area (Å²) in [5.74, 6) is 0.279. The van der Waals surface area contributed by atoms with Gasteiger partial charge in [-0.3, -0.25) is 37.3 Å². The van der Waals surface area contributed by atoms with Crippen molar-refractivity contribution in [2.24, 2.45) is 17.8 Å². The van der Waals surface area contributed by atoms with Crippen LogP contribution in [0.2, 0.25) is 0 Å². The van der Waals surface area contributed by atoms with Crippen LogP contribution >= 0.6 is 15.6 Å². The number of aliphatic hydroxyl groups is 1. The molecule has 0 aromatic carbocycles. The number of unbranched alkanes of at least 4 members (excludes halogenated alkanes) is 54. The van der Waals surface area contributed by atoms with Crippen molar-refractivity contribution in [3.63, 3.8) is 0 Å². The molecule has 0 saturated carbocycles. The van der Waals surface area contributed by atoms with Gasteiger partial charge in [-0.15, -0.1) is 0 Å². The summed E-state index contributed by atoms with van der Waals surface area (Å²) in [5, 5.41) is 10.7. The van der Waals surface area contributed by atoms with Crippen LogP contribution in [-0.4, -0.2) is 96.7 Å². The smallest absolute Gasteiger partial charge is 0.462 e. The van der Waals surface area contributed by atoms with E-state index in [0.29, 0.717) is 25.7 Å². The minimum atomic E-state index is -4.97. The van der Waals surface area contributed by atoms with Crippen LogP contribution in [0.3, 0.4) is 0 Å². The van der Waals surface area contributed by atoms with Crippen molar-refractivity contribution in [2.45, 2.75) is 491 Å². The fourth-order valence-electron chi connectivity index (χ4n) is 13.9. The highest BCUT2D eigenvalue weighted by molar-refractivity contribution is 7.47. The summed E-state index contributed by atoms with van der Waals surface area (Å²) >= 11 is 0. The minimum Gasteiger partial charge on any atom is -0.462 e. The van der Waals surface area contributed by atoms with Gasteiger partial charge in [-0.1, -0.05) is 421 Å². The molecule has 0 aliphatic rings. The Hall–Kier alpha value is -1.94.